The van der Waals surface area contributed by atoms with E-state index in [2.05, 4.69) is 58.2 Å². The molecule has 2 aromatic rings. The fourth-order valence-electron chi connectivity index (χ4n) is 2.56. The fraction of sp³-hybridized carbons (Fsp3) is 0.278. The molecule has 1 heterocycles. The Hall–Kier alpha value is -1.59. The first-order chi connectivity index (χ1) is 11.3. The number of methoxy groups -OCH3 is 1. The van der Waals surface area contributed by atoms with Crippen molar-refractivity contribution in [3.05, 3.63) is 48.5 Å². The van der Waals surface area contributed by atoms with Gasteiger partial charge in [0.2, 0.25) is 0 Å². The Morgan fingerprint density at radius 2 is 1.70 bits per heavy atom. The molecule has 0 amide bonds. The zero-order chi connectivity index (χ0) is 16.1. The van der Waals surface area contributed by atoms with Gasteiger partial charge in [-0.05, 0) is 36.4 Å². The Bertz CT molecular complexity index is 645. The van der Waals surface area contributed by atoms with Gasteiger partial charge in [0.25, 0.3) is 0 Å². The molecule has 0 spiro atoms. The van der Waals surface area contributed by atoms with Crippen molar-refractivity contribution in [2.75, 3.05) is 30.1 Å². The highest BCUT2D eigenvalue weighted by molar-refractivity contribution is 8.00. The summed E-state index contributed by atoms with van der Waals surface area (Å²) in [6, 6.07) is 17.1. The number of esters is 1. The van der Waals surface area contributed by atoms with Gasteiger partial charge in [-0.2, -0.15) is 11.8 Å². The molecule has 5 heteroatoms. The zero-order valence-electron chi connectivity index (χ0n) is 13.0. The summed E-state index contributed by atoms with van der Waals surface area (Å²) in [7, 11) is 1.43. The zero-order valence-corrected chi connectivity index (χ0v) is 14.7. The molecule has 0 N–H and O–H groups in total. The van der Waals surface area contributed by atoms with E-state index in [0.717, 1.165) is 18.7 Å². The molecule has 23 heavy (non-hydrogen) atoms. The number of benzene rings is 2. The van der Waals surface area contributed by atoms with E-state index in [1.54, 1.807) is 11.8 Å². The van der Waals surface area contributed by atoms with E-state index in [1.807, 2.05) is 11.8 Å². The number of thioether (sulfide) groups is 1. The topological polar surface area (TPSA) is 29.5 Å². The van der Waals surface area contributed by atoms with Crippen LogP contribution in [0.15, 0.2) is 58.3 Å². The molecule has 0 fully saturated rings. The minimum atomic E-state index is -0.153. The fourth-order valence-corrected chi connectivity index (χ4v) is 4.42. The second-order valence-corrected chi connectivity index (χ2v) is 7.36. The summed E-state index contributed by atoms with van der Waals surface area (Å²) >= 11 is 3.46. The molecular weight excluding hydrogens is 326 g/mol. The quantitative estimate of drug-likeness (QED) is 0.564. The summed E-state index contributed by atoms with van der Waals surface area (Å²) in [6.45, 7) is 0.947. The van der Waals surface area contributed by atoms with Crippen LogP contribution >= 0.6 is 23.5 Å². The highest BCUT2D eigenvalue weighted by atomic mass is 32.2. The van der Waals surface area contributed by atoms with Crippen LogP contribution < -0.4 is 4.90 Å². The summed E-state index contributed by atoms with van der Waals surface area (Å²) in [4.78, 5) is 16.1. The average molecular weight is 345 g/mol. The smallest absolute Gasteiger partial charge is 0.315 e. The molecule has 0 saturated heterocycles. The second-order valence-electron chi connectivity index (χ2n) is 5.17. The Kier molecular flexibility index (Phi) is 5.51. The molecule has 0 unspecified atom stereocenters. The van der Waals surface area contributed by atoms with Crippen molar-refractivity contribution in [2.24, 2.45) is 0 Å². The lowest BCUT2D eigenvalue weighted by atomic mass is 10.2. The maximum Gasteiger partial charge on any atom is 0.315 e. The number of nitrogens with zero attached hydrogens (tertiary/aromatic N) is 1. The summed E-state index contributed by atoms with van der Waals surface area (Å²) in [5.74, 6) is 1.22. The van der Waals surface area contributed by atoms with Crippen molar-refractivity contribution in [2.45, 2.75) is 16.2 Å². The number of para-hydroxylation sites is 2. The summed E-state index contributed by atoms with van der Waals surface area (Å²) in [5.41, 5.74) is 2.54. The van der Waals surface area contributed by atoms with Gasteiger partial charge >= 0.3 is 5.97 Å². The van der Waals surface area contributed by atoms with Crippen molar-refractivity contribution >= 4 is 40.9 Å². The lowest BCUT2D eigenvalue weighted by molar-refractivity contribution is -0.137. The maximum absolute atomic E-state index is 11.1. The van der Waals surface area contributed by atoms with Gasteiger partial charge in [0.15, 0.2) is 0 Å². The lowest BCUT2D eigenvalue weighted by Gasteiger charge is -2.32. The van der Waals surface area contributed by atoms with Gasteiger partial charge in [0.05, 0.1) is 24.2 Å². The van der Waals surface area contributed by atoms with Gasteiger partial charge in [-0.1, -0.05) is 36.0 Å². The third-order valence-electron chi connectivity index (χ3n) is 3.65. The molecule has 120 valence electrons. The standard InChI is InChI=1S/C18H19NO2S2/c1-21-18(20)13-22-12-6-11-19-14-7-2-4-9-16(14)23-17-10-5-3-8-15(17)19/h2-5,7-10H,6,11-13H2,1H3. The third-order valence-corrected chi connectivity index (χ3v) is 5.80. The number of carbonyl (C=O) groups excluding carboxylic acids is 1. The first kappa shape index (κ1) is 16.3. The maximum atomic E-state index is 11.1. The van der Waals surface area contributed by atoms with Crippen LogP contribution in [0, 0.1) is 0 Å². The summed E-state index contributed by atoms with van der Waals surface area (Å²) < 4.78 is 4.67. The van der Waals surface area contributed by atoms with E-state index in [0.29, 0.717) is 5.75 Å². The number of rotatable bonds is 6. The van der Waals surface area contributed by atoms with E-state index in [4.69, 9.17) is 0 Å². The van der Waals surface area contributed by atoms with Crippen LogP contribution in [-0.2, 0) is 9.53 Å². The average Bonchev–Trinajstić information content (AvgIpc) is 2.60. The molecule has 3 nitrogen and oxygen atoms in total. The van der Waals surface area contributed by atoms with Crippen molar-refractivity contribution < 1.29 is 9.53 Å². The monoisotopic (exact) mass is 345 g/mol. The molecule has 0 radical (unpaired) electrons. The van der Waals surface area contributed by atoms with Crippen LogP contribution in [0.4, 0.5) is 11.4 Å². The minimum Gasteiger partial charge on any atom is -0.468 e. The van der Waals surface area contributed by atoms with Crippen LogP contribution in [-0.4, -0.2) is 31.1 Å². The number of hydrogen-bond donors (Lipinski definition) is 0. The Balaban J connectivity index is 1.68. The predicted molar refractivity (Wildman–Crippen MR) is 98.0 cm³/mol. The minimum absolute atomic E-state index is 0.153. The van der Waals surface area contributed by atoms with Gasteiger partial charge in [-0.25, -0.2) is 0 Å². The second kappa shape index (κ2) is 7.79. The molecule has 3 rings (SSSR count). The van der Waals surface area contributed by atoms with Crippen LogP contribution in [0.3, 0.4) is 0 Å². The summed E-state index contributed by atoms with van der Waals surface area (Å²) in [5, 5.41) is 0. The number of ether oxygens (including phenoxy) is 1. The molecular formula is C18H19NO2S2. The number of hydrogen-bond acceptors (Lipinski definition) is 5. The normalized spacial score (nSPS) is 12.5. The highest BCUT2D eigenvalue weighted by Crippen LogP contribution is 2.47. The van der Waals surface area contributed by atoms with E-state index >= 15 is 0 Å². The van der Waals surface area contributed by atoms with Crippen molar-refractivity contribution in [1.82, 2.24) is 0 Å². The molecule has 0 saturated carbocycles. The van der Waals surface area contributed by atoms with Crippen LogP contribution in [0.1, 0.15) is 6.42 Å². The summed E-state index contributed by atoms with van der Waals surface area (Å²) in [6.07, 6.45) is 1.02. The van der Waals surface area contributed by atoms with E-state index < -0.39 is 0 Å². The molecule has 0 aliphatic carbocycles. The van der Waals surface area contributed by atoms with E-state index in [-0.39, 0.29) is 5.97 Å². The molecule has 0 atom stereocenters. The van der Waals surface area contributed by atoms with E-state index in [1.165, 1.54) is 28.3 Å². The van der Waals surface area contributed by atoms with Crippen LogP contribution in [0.5, 0.6) is 0 Å². The first-order valence-electron chi connectivity index (χ1n) is 7.57. The Morgan fingerprint density at radius 3 is 2.30 bits per heavy atom. The van der Waals surface area contributed by atoms with E-state index in [9.17, 15) is 4.79 Å². The highest BCUT2D eigenvalue weighted by Gasteiger charge is 2.22. The Morgan fingerprint density at radius 1 is 1.09 bits per heavy atom. The van der Waals surface area contributed by atoms with Gasteiger partial charge < -0.3 is 9.64 Å². The van der Waals surface area contributed by atoms with Gasteiger partial charge in [0.1, 0.15) is 0 Å². The largest absolute Gasteiger partial charge is 0.468 e. The molecule has 0 aromatic heterocycles. The van der Waals surface area contributed by atoms with Crippen LogP contribution in [0.25, 0.3) is 0 Å². The lowest BCUT2D eigenvalue weighted by Crippen LogP contribution is -2.22. The molecule has 2 aromatic carbocycles. The first-order valence-corrected chi connectivity index (χ1v) is 9.54. The van der Waals surface area contributed by atoms with Gasteiger partial charge in [-0.15, -0.1) is 0 Å². The molecule has 1 aliphatic rings. The van der Waals surface area contributed by atoms with Gasteiger partial charge in [0, 0.05) is 16.3 Å². The third kappa shape index (κ3) is 3.85. The molecule has 1 aliphatic heterocycles. The number of anilines is 2. The Labute approximate surface area is 145 Å². The van der Waals surface area contributed by atoms with Gasteiger partial charge in [-0.3, -0.25) is 4.79 Å². The van der Waals surface area contributed by atoms with Crippen molar-refractivity contribution in [3.63, 3.8) is 0 Å². The number of carbonyl (C=O) groups is 1. The van der Waals surface area contributed by atoms with Crippen molar-refractivity contribution in [1.29, 1.82) is 0 Å². The SMILES string of the molecule is COC(=O)CSCCCN1c2ccccc2Sc2ccccc21. The van der Waals surface area contributed by atoms with Crippen molar-refractivity contribution in [3.8, 4) is 0 Å². The predicted octanol–water partition coefficient (Wildman–Crippen LogP) is 4.59. The molecule has 0 bridgehead atoms. The number of fused-ring (bicyclic) bond motifs is 2. The van der Waals surface area contributed by atoms with Crippen LogP contribution in [0.2, 0.25) is 0 Å².